The summed E-state index contributed by atoms with van der Waals surface area (Å²) in [5.41, 5.74) is 4.01. The third-order valence-corrected chi connectivity index (χ3v) is 6.42. The van der Waals surface area contributed by atoms with Gasteiger partial charge in [-0.3, -0.25) is 4.90 Å². The summed E-state index contributed by atoms with van der Waals surface area (Å²) in [7, 11) is 0. The van der Waals surface area contributed by atoms with Crippen molar-refractivity contribution in [3.05, 3.63) is 46.3 Å². The van der Waals surface area contributed by atoms with E-state index in [0.717, 1.165) is 43.3 Å². The predicted molar refractivity (Wildman–Crippen MR) is 121 cm³/mol. The van der Waals surface area contributed by atoms with Crippen molar-refractivity contribution in [3.63, 3.8) is 0 Å². The zero-order valence-electron chi connectivity index (χ0n) is 18.0. The van der Waals surface area contributed by atoms with E-state index in [9.17, 15) is 8.78 Å². The molecule has 4 aromatic rings. The summed E-state index contributed by atoms with van der Waals surface area (Å²) < 4.78 is 33.3. The van der Waals surface area contributed by atoms with Crippen LogP contribution < -0.4 is 4.90 Å². The van der Waals surface area contributed by atoms with Gasteiger partial charge in [0.15, 0.2) is 10.2 Å². The Kier molecular flexibility index (Phi) is 5.79. The van der Waals surface area contributed by atoms with E-state index < -0.39 is 6.55 Å². The third kappa shape index (κ3) is 4.20. The monoisotopic (exact) mass is 518 g/mol. The van der Waals surface area contributed by atoms with Crippen LogP contribution in [0.2, 0.25) is 0 Å². The van der Waals surface area contributed by atoms with Gasteiger partial charge in [-0.05, 0) is 41.9 Å². The van der Waals surface area contributed by atoms with Crippen molar-refractivity contribution < 1.29 is 13.2 Å². The highest BCUT2D eigenvalue weighted by atomic mass is 79.9. The maximum atomic E-state index is 13.3. The van der Waals surface area contributed by atoms with E-state index in [1.807, 2.05) is 13.8 Å². The Morgan fingerprint density at radius 1 is 1.12 bits per heavy atom. The molecule has 0 atom stereocenters. The fraction of sp³-hybridized carbons (Fsp3) is 0.381. The standard InChI is InChI=1S/C21H21BrF2N8O/c1-12-13(2)25-11-26-20(12)31-7-5-30(6-8-31)10-17-27-15-4-3-14(9-16(15)33-17)18-19(22)28-29-32(18)21(23)24/h3-4,9,11,21H,5-8,10H2,1-2H3. The lowest BCUT2D eigenvalue weighted by atomic mass is 10.1. The van der Waals surface area contributed by atoms with E-state index >= 15 is 0 Å². The van der Waals surface area contributed by atoms with E-state index in [1.165, 1.54) is 0 Å². The molecule has 0 N–H and O–H groups in total. The zero-order valence-corrected chi connectivity index (χ0v) is 19.6. The number of halogens is 3. The first-order valence-electron chi connectivity index (χ1n) is 10.4. The maximum Gasteiger partial charge on any atom is 0.335 e. The molecule has 0 unspecified atom stereocenters. The number of hydrogen-bond acceptors (Lipinski definition) is 8. The minimum atomic E-state index is -2.80. The molecule has 1 aromatic carbocycles. The second-order valence-corrected chi connectivity index (χ2v) is 8.66. The van der Waals surface area contributed by atoms with E-state index in [2.05, 4.69) is 51.0 Å². The Morgan fingerprint density at radius 3 is 2.67 bits per heavy atom. The van der Waals surface area contributed by atoms with Crippen LogP contribution in [0, 0.1) is 13.8 Å². The van der Waals surface area contributed by atoms with Gasteiger partial charge < -0.3 is 9.32 Å². The van der Waals surface area contributed by atoms with Crippen molar-refractivity contribution in [1.29, 1.82) is 0 Å². The lowest BCUT2D eigenvalue weighted by Gasteiger charge is -2.35. The Labute approximate surface area is 196 Å². The number of rotatable bonds is 5. The van der Waals surface area contributed by atoms with Gasteiger partial charge >= 0.3 is 6.55 Å². The van der Waals surface area contributed by atoms with E-state index in [0.29, 0.717) is 33.8 Å². The Bertz CT molecular complexity index is 1300. The molecule has 1 aliphatic rings. The number of benzene rings is 1. The number of nitrogens with zero attached hydrogens (tertiary/aromatic N) is 8. The maximum absolute atomic E-state index is 13.3. The first kappa shape index (κ1) is 21.8. The average molecular weight is 519 g/mol. The molecule has 172 valence electrons. The molecule has 9 nitrogen and oxygen atoms in total. The van der Waals surface area contributed by atoms with Crippen LogP contribution in [0.3, 0.4) is 0 Å². The topological polar surface area (TPSA) is 89.0 Å². The van der Waals surface area contributed by atoms with Crippen molar-refractivity contribution in [2.75, 3.05) is 31.1 Å². The number of alkyl halides is 2. The predicted octanol–water partition coefficient (Wildman–Crippen LogP) is 3.97. The second kappa shape index (κ2) is 8.75. The molecule has 1 saturated heterocycles. The van der Waals surface area contributed by atoms with Crippen molar-refractivity contribution in [3.8, 4) is 11.3 Å². The van der Waals surface area contributed by atoms with Gasteiger partial charge in [-0.25, -0.2) is 15.0 Å². The van der Waals surface area contributed by atoms with Crippen LogP contribution in [0.4, 0.5) is 14.6 Å². The van der Waals surface area contributed by atoms with Crippen molar-refractivity contribution in [1.82, 2.24) is 34.8 Å². The third-order valence-electron chi connectivity index (χ3n) is 5.88. The molecule has 0 bridgehead atoms. The number of hydrogen-bond donors (Lipinski definition) is 0. The highest BCUT2D eigenvalue weighted by Crippen LogP contribution is 2.32. The Balaban J connectivity index is 1.30. The molecule has 0 spiro atoms. The number of anilines is 1. The molecule has 1 aliphatic heterocycles. The molecule has 12 heteroatoms. The van der Waals surface area contributed by atoms with Gasteiger partial charge in [0.2, 0.25) is 5.89 Å². The largest absolute Gasteiger partial charge is 0.439 e. The molecule has 33 heavy (non-hydrogen) atoms. The Morgan fingerprint density at radius 2 is 1.91 bits per heavy atom. The zero-order chi connectivity index (χ0) is 23.1. The van der Waals surface area contributed by atoms with E-state index in [-0.39, 0.29) is 10.3 Å². The molecular formula is C21H21BrF2N8O. The second-order valence-electron chi connectivity index (χ2n) is 7.91. The van der Waals surface area contributed by atoms with Crippen molar-refractivity contribution >= 4 is 32.8 Å². The fourth-order valence-electron chi connectivity index (χ4n) is 4.00. The lowest BCUT2D eigenvalue weighted by Crippen LogP contribution is -2.46. The average Bonchev–Trinajstić information content (AvgIpc) is 3.38. The molecule has 3 aromatic heterocycles. The molecule has 1 fully saturated rings. The van der Waals surface area contributed by atoms with Crippen LogP contribution in [0.15, 0.2) is 33.5 Å². The van der Waals surface area contributed by atoms with Gasteiger partial charge in [-0.2, -0.15) is 13.5 Å². The van der Waals surface area contributed by atoms with Crippen LogP contribution >= 0.6 is 15.9 Å². The van der Waals surface area contributed by atoms with Gasteiger partial charge in [0.05, 0.1) is 6.54 Å². The summed E-state index contributed by atoms with van der Waals surface area (Å²) in [4.78, 5) is 17.8. The molecule has 5 rings (SSSR count). The number of aryl methyl sites for hydroxylation is 1. The smallest absolute Gasteiger partial charge is 0.335 e. The van der Waals surface area contributed by atoms with Crippen molar-refractivity contribution in [2.45, 2.75) is 26.9 Å². The lowest BCUT2D eigenvalue weighted by molar-refractivity contribution is 0.0564. The summed E-state index contributed by atoms with van der Waals surface area (Å²) in [5.74, 6) is 1.57. The number of aromatic nitrogens is 6. The molecule has 0 saturated carbocycles. The van der Waals surface area contributed by atoms with Crippen LogP contribution in [-0.2, 0) is 6.54 Å². The summed E-state index contributed by atoms with van der Waals surface area (Å²) >= 11 is 3.19. The summed E-state index contributed by atoms with van der Waals surface area (Å²) in [5, 5.41) is 7.20. The number of oxazole rings is 1. The van der Waals surface area contributed by atoms with Crippen molar-refractivity contribution in [2.24, 2.45) is 0 Å². The first-order valence-corrected chi connectivity index (χ1v) is 11.2. The molecule has 0 amide bonds. The van der Waals surface area contributed by atoms with Crippen LogP contribution in [0.25, 0.3) is 22.4 Å². The van der Waals surface area contributed by atoms with Gasteiger partial charge in [0.25, 0.3) is 0 Å². The Hall–Kier alpha value is -2.99. The summed E-state index contributed by atoms with van der Waals surface area (Å²) in [6.45, 7) is 5.20. The van der Waals surface area contributed by atoms with Gasteiger partial charge in [-0.15, -0.1) is 5.10 Å². The number of fused-ring (bicyclic) bond motifs is 1. The van der Waals surface area contributed by atoms with E-state index in [1.54, 1.807) is 24.5 Å². The van der Waals surface area contributed by atoms with Crippen LogP contribution in [0.5, 0.6) is 0 Å². The summed E-state index contributed by atoms with van der Waals surface area (Å²) in [6, 6.07) is 5.15. The molecule has 0 aliphatic carbocycles. The first-order chi connectivity index (χ1) is 15.9. The minimum absolute atomic E-state index is 0.191. The highest BCUT2D eigenvalue weighted by Gasteiger charge is 2.23. The van der Waals surface area contributed by atoms with Crippen LogP contribution in [-0.4, -0.2) is 61.0 Å². The minimum Gasteiger partial charge on any atom is -0.439 e. The summed E-state index contributed by atoms with van der Waals surface area (Å²) in [6.07, 6.45) is 1.61. The van der Waals surface area contributed by atoms with Gasteiger partial charge in [-0.1, -0.05) is 11.3 Å². The van der Waals surface area contributed by atoms with Gasteiger partial charge in [0.1, 0.15) is 23.4 Å². The van der Waals surface area contributed by atoms with Crippen LogP contribution in [0.1, 0.15) is 23.7 Å². The number of piperazine rings is 1. The molecule has 0 radical (unpaired) electrons. The quantitative estimate of drug-likeness (QED) is 0.392. The molecular weight excluding hydrogens is 498 g/mol. The normalized spacial score (nSPS) is 15.2. The molecule has 4 heterocycles. The fourth-order valence-corrected chi connectivity index (χ4v) is 4.48. The highest BCUT2D eigenvalue weighted by molar-refractivity contribution is 9.10. The SMILES string of the molecule is Cc1ncnc(N2CCN(Cc3nc4ccc(-c5c(Br)nnn5C(F)F)cc4o3)CC2)c1C. The van der Waals surface area contributed by atoms with E-state index in [4.69, 9.17) is 4.42 Å². The van der Waals surface area contributed by atoms with Gasteiger partial charge in [0, 0.05) is 43.0 Å².